The van der Waals surface area contributed by atoms with Gasteiger partial charge in [0.15, 0.2) is 0 Å². The van der Waals surface area contributed by atoms with Crippen LogP contribution in [0.4, 0.5) is 0 Å². The Balaban J connectivity index is 1.95. The SMILES string of the molecule is Cc1c(O)cccc1C(=O)NCC1NCCCC1C. The van der Waals surface area contributed by atoms with Gasteiger partial charge >= 0.3 is 0 Å². The van der Waals surface area contributed by atoms with E-state index in [9.17, 15) is 9.90 Å². The lowest BCUT2D eigenvalue weighted by molar-refractivity contribution is 0.0942. The molecular formula is C15H22N2O2. The zero-order valence-corrected chi connectivity index (χ0v) is 11.6. The van der Waals surface area contributed by atoms with Crippen molar-refractivity contribution in [2.75, 3.05) is 13.1 Å². The quantitative estimate of drug-likeness (QED) is 0.778. The number of aromatic hydroxyl groups is 1. The average molecular weight is 262 g/mol. The second-order valence-electron chi connectivity index (χ2n) is 5.34. The standard InChI is InChI=1S/C15H22N2O2/c1-10-5-4-8-16-13(10)9-17-15(19)12-6-3-7-14(18)11(12)2/h3,6-7,10,13,16,18H,4-5,8-9H2,1-2H3,(H,17,19). The summed E-state index contributed by atoms with van der Waals surface area (Å²) in [6, 6.07) is 5.37. The van der Waals surface area contributed by atoms with Gasteiger partial charge < -0.3 is 15.7 Å². The van der Waals surface area contributed by atoms with Crippen LogP contribution in [0.2, 0.25) is 0 Å². The molecule has 0 saturated carbocycles. The molecule has 3 N–H and O–H groups in total. The van der Waals surface area contributed by atoms with E-state index in [2.05, 4.69) is 17.6 Å². The van der Waals surface area contributed by atoms with E-state index >= 15 is 0 Å². The summed E-state index contributed by atoms with van der Waals surface area (Å²) in [5, 5.41) is 16.0. The number of benzene rings is 1. The summed E-state index contributed by atoms with van der Waals surface area (Å²) < 4.78 is 0. The predicted molar refractivity (Wildman–Crippen MR) is 75.4 cm³/mol. The van der Waals surface area contributed by atoms with Gasteiger partial charge in [0.1, 0.15) is 5.75 Å². The molecule has 4 heteroatoms. The molecule has 1 aromatic carbocycles. The third kappa shape index (κ3) is 3.26. The molecule has 104 valence electrons. The number of hydrogen-bond donors (Lipinski definition) is 3. The number of hydrogen-bond acceptors (Lipinski definition) is 3. The molecule has 1 aromatic rings. The van der Waals surface area contributed by atoms with Crippen LogP contribution in [0.1, 0.15) is 35.7 Å². The molecule has 19 heavy (non-hydrogen) atoms. The van der Waals surface area contributed by atoms with Crippen LogP contribution < -0.4 is 10.6 Å². The van der Waals surface area contributed by atoms with Crippen LogP contribution in [0.25, 0.3) is 0 Å². The lowest BCUT2D eigenvalue weighted by Gasteiger charge is -2.30. The maximum absolute atomic E-state index is 12.1. The van der Waals surface area contributed by atoms with Crippen molar-refractivity contribution in [2.24, 2.45) is 5.92 Å². The molecule has 2 unspecified atom stereocenters. The van der Waals surface area contributed by atoms with E-state index < -0.39 is 0 Å². The van der Waals surface area contributed by atoms with Crippen LogP contribution in [-0.2, 0) is 0 Å². The van der Waals surface area contributed by atoms with E-state index in [1.54, 1.807) is 25.1 Å². The van der Waals surface area contributed by atoms with Crippen LogP contribution in [-0.4, -0.2) is 30.1 Å². The smallest absolute Gasteiger partial charge is 0.251 e. The fourth-order valence-electron chi connectivity index (χ4n) is 2.55. The van der Waals surface area contributed by atoms with Gasteiger partial charge in [0.05, 0.1) is 0 Å². The van der Waals surface area contributed by atoms with Crippen LogP contribution in [0.3, 0.4) is 0 Å². The highest BCUT2D eigenvalue weighted by atomic mass is 16.3. The Morgan fingerprint density at radius 1 is 1.53 bits per heavy atom. The fraction of sp³-hybridized carbons (Fsp3) is 0.533. The topological polar surface area (TPSA) is 61.4 Å². The molecule has 0 radical (unpaired) electrons. The first kappa shape index (κ1) is 13.9. The molecule has 2 atom stereocenters. The average Bonchev–Trinajstić information content (AvgIpc) is 2.40. The van der Waals surface area contributed by atoms with E-state index in [-0.39, 0.29) is 11.7 Å². The van der Waals surface area contributed by atoms with E-state index in [4.69, 9.17) is 0 Å². The molecule has 4 nitrogen and oxygen atoms in total. The number of amides is 1. The Morgan fingerprint density at radius 3 is 3.05 bits per heavy atom. The van der Waals surface area contributed by atoms with Gasteiger partial charge in [-0.25, -0.2) is 0 Å². The van der Waals surface area contributed by atoms with E-state index in [1.165, 1.54) is 12.8 Å². The summed E-state index contributed by atoms with van der Waals surface area (Å²) in [5.41, 5.74) is 1.17. The van der Waals surface area contributed by atoms with Gasteiger partial charge in [0, 0.05) is 23.7 Å². The molecule has 1 aliphatic rings. The number of phenols is 1. The highest BCUT2D eigenvalue weighted by molar-refractivity contribution is 5.96. The third-order valence-electron chi connectivity index (χ3n) is 3.96. The van der Waals surface area contributed by atoms with Crippen molar-refractivity contribution in [3.05, 3.63) is 29.3 Å². The number of phenolic OH excluding ortho intramolecular Hbond substituents is 1. The molecule has 1 saturated heterocycles. The van der Waals surface area contributed by atoms with Crippen molar-refractivity contribution in [3.8, 4) is 5.75 Å². The number of carbonyl (C=O) groups excluding carboxylic acids is 1. The van der Waals surface area contributed by atoms with Crippen molar-refractivity contribution in [2.45, 2.75) is 32.7 Å². The van der Waals surface area contributed by atoms with Crippen LogP contribution >= 0.6 is 0 Å². The minimum absolute atomic E-state index is 0.118. The zero-order chi connectivity index (χ0) is 13.8. The number of rotatable bonds is 3. The van der Waals surface area contributed by atoms with Gasteiger partial charge in [-0.05, 0) is 44.4 Å². The lowest BCUT2D eigenvalue weighted by atomic mass is 9.92. The number of nitrogens with one attached hydrogen (secondary N) is 2. The summed E-state index contributed by atoms with van der Waals surface area (Å²) >= 11 is 0. The molecule has 1 amide bonds. The summed E-state index contributed by atoms with van der Waals surface area (Å²) in [5.74, 6) is 0.629. The molecule has 2 rings (SSSR count). The fourth-order valence-corrected chi connectivity index (χ4v) is 2.55. The van der Waals surface area contributed by atoms with E-state index in [1.807, 2.05) is 0 Å². The maximum Gasteiger partial charge on any atom is 0.251 e. The van der Waals surface area contributed by atoms with Crippen LogP contribution in [0, 0.1) is 12.8 Å². The molecule has 0 aliphatic carbocycles. The van der Waals surface area contributed by atoms with E-state index in [0.29, 0.717) is 29.6 Å². The highest BCUT2D eigenvalue weighted by Crippen LogP contribution is 2.19. The maximum atomic E-state index is 12.1. The van der Waals surface area contributed by atoms with Crippen molar-refractivity contribution >= 4 is 5.91 Å². The first-order valence-electron chi connectivity index (χ1n) is 6.89. The second-order valence-corrected chi connectivity index (χ2v) is 5.34. The van der Waals surface area contributed by atoms with Gasteiger partial charge in [-0.1, -0.05) is 13.0 Å². The van der Waals surface area contributed by atoms with Crippen LogP contribution in [0.5, 0.6) is 5.75 Å². The van der Waals surface area contributed by atoms with Crippen LogP contribution in [0.15, 0.2) is 18.2 Å². The third-order valence-corrected chi connectivity index (χ3v) is 3.96. The summed E-state index contributed by atoms with van der Waals surface area (Å²) in [6.45, 7) is 5.62. The van der Waals surface area contributed by atoms with Gasteiger partial charge in [0.25, 0.3) is 5.91 Å². The summed E-state index contributed by atoms with van der Waals surface area (Å²) in [6.07, 6.45) is 2.41. The van der Waals surface area contributed by atoms with Crippen molar-refractivity contribution in [1.29, 1.82) is 0 Å². The first-order valence-corrected chi connectivity index (χ1v) is 6.89. The van der Waals surface area contributed by atoms with Gasteiger partial charge in [-0.3, -0.25) is 4.79 Å². The lowest BCUT2D eigenvalue weighted by Crippen LogP contribution is -2.47. The summed E-state index contributed by atoms with van der Waals surface area (Å²) in [4.78, 5) is 12.1. The van der Waals surface area contributed by atoms with Crippen molar-refractivity contribution < 1.29 is 9.90 Å². The van der Waals surface area contributed by atoms with Gasteiger partial charge in [-0.2, -0.15) is 0 Å². The summed E-state index contributed by atoms with van der Waals surface area (Å²) in [7, 11) is 0. The number of carbonyl (C=O) groups is 1. The molecule has 1 aliphatic heterocycles. The van der Waals surface area contributed by atoms with Gasteiger partial charge in [-0.15, -0.1) is 0 Å². The monoisotopic (exact) mass is 262 g/mol. The minimum Gasteiger partial charge on any atom is -0.508 e. The normalized spacial score (nSPS) is 23.1. The molecule has 1 heterocycles. The minimum atomic E-state index is -0.118. The largest absolute Gasteiger partial charge is 0.508 e. The van der Waals surface area contributed by atoms with E-state index in [0.717, 1.165) is 6.54 Å². The molecule has 0 spiro atoms. The Bertz CT molecular complexity index is 459. The van der Waals surface area contributed by atoms with Crippen molar-refractivity contribution in [1.82, 2.24) is 10.6 Å². The Kier molecular flexibility index (Phi) is 4.43. The van der Waals surface area contributed by atoms with Gasteiger partial charge in [0.2, 0.25) is 0 Å². The number of piperidine rings is 1. The Hall–Kier alpha value is -1.55. The Labute approximate surface area is 114 Å². The zero-order valence-electron chi connectivity index (χ0n) is 11.6. The highest BCUT2D eigenvalue weighted by Gasteiger charge is 2.21. The second kappa shape index (κ2) is 6.06. The Morgan fingerprint density at radius 2 is 2.32 bits per heavy atom. The molecule has 0 bridgehead atoms. The first-order chi connectivity index (χ1) is 9.09. The molecular weight excluding hydrogens is 240 g/mol. The molecule has 1 fully saturated rings. The molecule has 0 aromatic heterocycles. The van der Waals surface area contributed by atoms with Crippen molar-refractivity contribution in [3.63, 3.8) is 0 Å². The predicted octanol–water partition coefficient (Wildman–Crippen LogP) is 1.82.